The zero-order valence-corrected chi connectivity index (χ0v) is 13.0. The number of carbonyl (C=O) groups is 1. The summed E-state index contributed by atoms with van der Waals surface area (Å²) in [6.07, 6.45) is 1.23. The fourth-order valence-corrected chi connectivity index (χ4v) is 2.38. The fraction of sp³-hybridized carbons (Fsp3) is 0. The molecule has 0 atom stereocenters. The Hall–Kier alpha value is -3.33. The van der Waals surface area contributed by atoms with E-state index in [1.165, 1.54) is 12.3 Å². The van der Waals surface area contributed by atoms with Gasteiger partial charge in [-0.2, -0.15) is 5.10 Å². The molecule has 3 rings (SSSR count). The number of nitro benzene ring substituents is 1. The van der Waals surface area contributed by atoms with Crippen molar-refractivity contribution in [1.29, 1.82) is 0 Å². The molecule has 0 aliphatic rings. The Labute approximate surface area is 140 Å². The lowest BCUT2D eigenvalue weighted by Crippen LogP contribution is -2.17. The predicted molar refractivity (Wildman–Crippen MR) is 91.6 cm³/mol. The molecule has 0 aliphatic carbocycles. The van der Waals surface area contributed by atoms with E-state index in [0.717, 1.165) is 5.52 Å². The molecule has 3 aromatic rings. The van der Waals surface area contributed by atoms with Crippen LogP contribution in [0.2, 0.25) is 0 Å². The molecular formula is C15H11N5O3S. The molecule has 0 spiro atoms. The molecule has 8 nitrogen and oxygen atoms in total. The Morgan fingerprint density at radius 1 is 1.21 bits per heavy atom. The van der Waals surface area contributed by atoms with Gasteiger partial charge in [-0.25, -0.2) is 5.43 Å². The maximum Gasteiger partial charge on any atom is 0.278 e. The van der Waals surface area contributed by atoms with E-state index in [2.05, 4.69) is 20.5 Å². The number of imidazole rings is 1. The van der Waals surface area contributed by atoms with Crippen LogP contribution in [0.1, 0.15) is 15.9 Å². The monoisotopic (exact) mass is 341 g/mol. The molecule has 0 radical (unpaired) electrons. The van der Waals surface area contributed by atoms with Gasteiger partial charge in [-0.3, -0.25) is 14.9 Å². The van der Waals surface area contributed by atoms with E-state index in [1.807, 2.05) is 0 Å². The number of rotatable bonds is 4. The van der Waals surface area contributed by atoms with Gasteiger partial charge < -0.3 is 9.97 Å². The van der Waals surface area contributed by atoms with E-state index in [-0.39, 0.29) is 5.69 Å². The second-order valence-electron chi connectivity index (χ2n) is 4.85. The molecule has 0 bridgehead atoms. The van der Waals surface area contributed by atoms with Gasteiger partial charge >= 0.3 is 0 Å². The van der Waals surface area contributed by atoms with Crippen LogP contribution < -0.4 is 5.43 Å². The number of aromatic nitrogens is 2. The Balaban J connectivity index is 1.77. The van der Waals surface area contributed by atoms with E-state index in [1.54, 1.807) is 36.4 Å². The molecule has 9 heteroatoms. The van der Waals surface area contributed by atoms with E-state index in [0.29, 0.717) is 21.4 Å². The number of nitrogens with zero attached hydrogens (tertiary/aromatic N) is 2. The summed E-state index contributed by atoms with van der Waals surface area (Å²) in [7, 11) is 0. The maximum atomic E-state index is 12.1. The minimum Gasteiger partial charge on any atom is -0.331 e. The SMILES string of the molecule is O=C(N/N=C\c1ccccc1[N+](=O)[O-])c1ccc2[nH]c(=S)[nH]c2c1. The third kappa shape index (κ3) is 3.20. The first-order valence-corrected chi connectivity index (χ1v) is 7.24. The van der Waals surface area contributed by atoms with Crippen LogP contribution in [-0.2, 0) is 0 Å². The van der Waals surface area contributed by atoms with Gasteiger partial charge in [0.2, 0.25) is 0 Å². The van der Waals surface area contributed by atoms with Crippen LogP contribution in [0.15, 0.2) is 47.6 Å². The Bertz CT molecular complexity index is 1020. The van der Waals surface area contributed by atoms with Crippen LogP contribution in [0.5, 0.6) is 0 Å². The standard InChI is InChI=1S/C15H11N5O3S/c21-14(9-5-6-11-12(7-9)18-15(24)17-11)19-16-8-10-3-1-2-4-13(10)20(22)23/h1-8H,(H,19,21)(H2,17,18,24)/b16-8-. The third-order valence-electron chi connectivity index (χ3n) is 3.28. The van der Waals surface area contributed by atoms with Gasteiger partial charge in [-0.1, -0.05) is 12.1 Å². The lowest BCUT2D eigenvalue weighted by atomic mass is 10.2. The van der Waals surface area contributed by atoms with E-state index >= 15 is 0 Å². The number of nitro groups is 1. The van der Waals surface area contributed by atoms with Crippen LogP contribution in [0.4, 0.5) is 5.69 Å². The molecule has 3 N–H and O–H groups in total. The summed E-state index contributed by atoms with van der Waals surface area (Å²) >= 11 is 4.99. The molecule has 0 fully saturated rings. The third-order valence-corrected chi connectivity index (χ3v) is 3.49. The molecule has 1 amide bonds. The van der Waals surface area contributed by atoms with Crippen LogP contribution in [-0.4, -0.2) is 27.0 Å². The molecule has 0 unspecified atom stereocenters. The lowest BCUT2D eigenvalue weighted by Gasteiger charge is -2.00. The molecule has 120 valence electrons. The largest absolute Gasteiger partial charge is 0.331 e. The first-order valence-electron chi connectivity index (χ1n) is 6.83. The Morgan fingerprint density at radius 2 is 1.96 bits per heavy atom. The van der Waals surface area contributed by atoms with Crippen molar-refractivity contribution in [2.45, 2.75) is 0 Å². The molecule has 2 aromatic carbocycles. The highest BCUT2D eigenvalue weighted by Crippen LogP contribution is 2.15. The van der Waals surface area contributed by atoms with Crippen molar-refractivity contribution in [3.8, 4) is 0 Å². The van der Waals surface area contributed by atoms with Crippen molar-refractivity contribution >= 4 is 41.1 Å². The second-order valence-corrected chi connectivity index (χ2v) is 5.26. The average molecular weight is 341 g/mol. The van der Waals surface area contributed by atoms with Crippen molar-refractivity contribution in [2.75, 3.05) is 0 Å². The molecule has 1 heterocycles. The van der Waals surface area contributed by atoms with Crippen molar-refractivity contribution in [3.05, 3.63) is 68.5 Å². The number of hydrogen-bond acceptors (Lipinski definition) is 5. The van der Waals surface area contributed by atoms with Gasteiger partial charge in [0, 0.05) is 11.6 Å². The van der Waals surface area contributed by atoms with Crippen LogP contribution in [0.25, 0.3) is 11.0 Å². The molecular weight excluding hydrogens is 330 g/mol. The van der Waals surface area contributed by atoms with Gasteiger partial charge in [-0.15, -0.1) is 0 Å². The summed E-state index contributed by atoms with van der Waals surface area (Å²) in [6, 6.07) is 11.1. The number of benzene rings is 2. The summed E-state index contributed by atoms with van der Waals surface area (Å²) < 4.78 is 0.469. The quantitative estimate of drug-likeness (QED) is 0.293. The highest BCUT2D eigenvalue weighted by atomic mass is 32.1. The van der Waals surface area contributed by atoms with Crippen LogP contribution in [0.3, 0.4) is 0 Å². The maximum absolute atomic E-state index is 12.1. The van der Waals surface area contributed by atoms with Crippen molar-refractivity contribution in [2.24, 2.45) is 5.10 Å². The van der Waals surface area contributed by atoms with Crippen LogP contribution >= 0.6 is 12.2 Å². The molecule has 1 aromatic heterocycles. The Morgan fingerprint density at radius 3 is 2.75 bits per heavy atom. The number of aromatic amines is 2. The van der Waals surface area contributed by atoms with Crippen molar-refractivity contribution < 1.29 is 9.72 Å². The number of amides is 1. The van der Waals surface area contributed by atoms with Crippen molar-refractivity contribution in [1.82, 2.24) is 15.4 Å². The number of nitrogens with one attached hydrogen (secondary N) is 3. The van der Waals surface area contributed by atoms with Gasteiger partial charge in [0.1, 0.15) is 0 Å². The number of H-pyrrole nitrogens is 2. The van der Waals surface area contributed by atoms with Gasteiger partial charge in [0.05, 0.1) is 27.7 Å². The summed E-state index contributed by atoms with van der Waals surface area (Å²) in [5.74, 6) is -0.438. The highest BCUT2D eigenvalue weighted by molar-refractivity contribution is 7.71. The lowest BCUT2D eigenvalue weighted by molar-refractivity contribution is -0.385. The zero-order chi connectivity index (χ0) is 17.1. The second kappa shape index (κ2) is 6.42. The normalized spacial score (nSPS) is 11.0. The minimum atomic E-state index is -0.509. The smallest absolute Gasteiger partial charge is 0.278 e. The molecule has 0 aliphatic heterocycles. The summed E-state index contributed by atoms with van der Waals surface area (Å²) in [6.45, 7) is 0. The zero-order valence-electron chi connectivity index (χ0n) is 12.1. The molecule has 0 saturated heterocycles. The highest BCUT2D eigenvalue weighted by Gasteiger charge is 2.10. The first-order chi connectivity index (χ1) is 11.5. The number of fused-ring (bicyclic) bond motifs is 1. The van der Waals surface area contributed by atoms with Gasteiger partial charge in [-0.05, 0) is 36.5 Å². The molecule has 0 saturated carbocycles. The summed E-state index contributed by atoms with van der Waals surface area (Å²) in [5.41, 5.74) is 4.43. The summed E-state index contributed by atoms with van der Waals surface area (Å²) in [4.78, 5) is 28.4. The molecule has 24 heavy (non-hydrogen) atoms. The van der Waals surface area contributed by atoms with Gasteiger partial charge in [0.15, 0.2) is 4.77 Å². The fourth-order valence-electron chi connectivity index (χ4n) is 2.16. The average Bonchev–Trinajstić information content (AvgIpc) is 2.94. The van der Waals surface area contributed by atoms with E-state index < -0.39 is 10.8 Å². The Kier molecular flexibility index (Phi) is 4.17. The predicted octanol–water partition coefficient (Wildman–Crippen LogP) is 2.90. The number of para-hydroxylation sites is 1. The van der Waals surface area contributed by atoms with Gasteiger partial charge in [0.25, 0.3) is 11.6 Å². The number of hydrogen-bond donors (Lipinski definition) is 3. The number of carbonyl (C=O) groups excluding carboxylic acids is 1. The minimum absolute atomic E-state index is 0.0863. The van der Waals surface area contributed by atoms with Crippen LogP contribution in [0, 0.1) is 14.9 Å². The van der Waals surface area contributed by atoms with E-state index in [4.69, 9.17) is 12.2 Å². The topological polar surface area (TPSA) is 116 Å². The first kappa shape index (κ1) is 15.6. The number of hydrazone groups is 1. The van der Waals surface area contributed by atoms with Crippen molar-refractivity contribution in [3.63, 3.8) is 0 Å². The summed E-state index contributed by atoms with van der Waals surface area (Å²) in [5, 5.41) is 14.7. The van der Waals surface area contributed by atoms with E-state index in [9.17, 15) is 14.9 Å².